The van der Waals surface area contributed by atoms with Gasteiger partial charge in [0.1, 0.15) is 6.67 Å². The van der Waals surface area contributed by atoms with Crippen LogP contribution in [0.2, 0.25) is 0 Å². The number of carboxylic acid groups (broad SMARTS) is 1. The Morgan fingerprint density at radius 1 is 1.70 bits per heavy atom. The Morgan fingerprint density at radius 3 is 2.20 bits per heavy atom. The van der Waals surface area contributed by atoms with E-state index in [1.807, 2.05) is 0 Å². The van der Waals surface area contributed by atoms with Crippen molar-refractivity contribution in [3.8, 4) is 0 Å². The fourth-order valence-corrected chi connectivity index (χ4v) is 0.261. The van der Waals surface area contributed by atoms with Crippen LogP contribution in [0.5, 0.6) is 0 Å². The minimum absolute atomic E-state index is 0. The summed E-state index contributed by atoms with van der Waals surface area (Å²) in [4.78, 5) is 9.68. The fourth-order valence-electron chi connectivity index (χ4n) is 0.261. The molecular weight excluding hydrogens is 167 g/mol. The number of alkyl halides is 2. The van der Waals surface area contributed by atoms with E-state index in [9.17, 15) is 13.6 Å². The molecule has 0 rings (SSSR count). The average Bonchev–Trinajstić information content (AvgIpc) is 1.84. The van der Waals surface area contributed by atoms with Crippen LogP contribution in [0.4, 0.5) is 8.78 Å². The molecule has 0 aromatic rings. The van der Waals surface area contributed by atoms with E-state index in [2.05, 4.69) is 5.73 Å². The average molecular weight is 176 g/mol. The highest BCUT2D eigenvalue weighted by atomic mass is 35.5. The lowest BCUT2D eigenvalue weighted by atomic mass is 10.2. The Balaban J connectivity index is 0. The Hall–Kier alpha value is -0.420. The molecule has 2 atom stereocenters. The van der Waals surface area contributed by atoms with Gasteiger partial charge in [0.25, 0.3) is 0 Å². The summed E-state index contributed by atoms with van der Waals surface area (Å²) in [5, 5.41) is 7.86. The van der Waals surface area contributed by atoms with E-state index in [1.54, 1.807) is 0 Å². The SMILES string of the molecule is Cl.NC(CF)C(F)C(=O)O. The molecule has 0 radical (unpaired) electrons. The van der Waals surface area contributed by atoms with Gasteiger partial charge in [0.05, 0.1) is 6.04 Å². The summed E-state index contributed by atoms with van der Waals surface area (Å²) in [6, 6.07) is -1.54. The van der Waals surface area contributed by atoms with Gasteiger partial charge in [0.15, 0.2) is 0 Å². The first-order chi connectivity index (χ1) is 4.09. The summed E-state index contributed by atoms with van der Waals surface area (Å²) in [7, 11) is 0. The first-order valence-corrected chi connectivity index (χ1v) is 2.28. The summed E-state index contributed by atoms with van der Waals surface area (Å²) in [6.45, 7) is -1.16. The zero-order valence-corrected chi connectivity index (χ0v) is 5.78. The van der Waals surface area contributed by atoms with Crippen LogP contribution in [0.25, 0.3) is 0 Å². The van der Waals surface area contributed by atoms with Crippen LogP contribution in [-0.4, -0.2) is 30.0 Å². The summed E-state index contributed by atoms with van der Waals surface area (Å²) in [5.41, 5.74) is 4.69. The van der Waals surface area contributed by atoms with Crippen LogP contribution in [-0.2, 0) is 4.79 Å². The van der Waals surface area contributed by atoms with Crippen molar-refractivity contribution in [2.75, 3.05) is 6.67 Å². The highest BCUT2D eigenvalue weighted by Gasteiger charge is 2.23. The summed E-state index contributed by atoms with van der Waals surface area (Å²) < 4.78 is 23.3. The maximum atomic E-state index is 12.0. The van der Waals surface area contributed by atoms with E-state index in [0.717, 1.165) is 0 Å². The lowest BCUT2D eigenvalue weighted by molar-refractivity contribution is -0.143. The first-order valence-electron chi connectivity index (χ1n) is 2.28. The van der Waals surface area contributed by atoms with Crippen molar-refractivity contribution in [1.82, 2.24) is 0 Å². The second kappa shape index (κ2) is 5.37. The molecular formula is C4H8ClF2NO2. The van der Waals surface area contributed by atoms with E-state index >= 15 is 0 Å². The van der Waals surface area contributed by atoms with Crippen molar-refractivity contribution in [1.29, 1.82) is 0 Å². The van der Waals surface area contributed by atoms with Crippen LogP contribution in [0.1, 0.15) is 0 Å². The summed E-state index contributed by atoms with van der Waals surface area (Å²) in [6.07, 6.45) is -2.30. The van der Waals surface area contributed by atoms with Crippen molar-refractivity contribution in [2.24, 2.45) is 5.73 Å². The topological polar surface area (TPSA) is 63.3 Å². The van der Waals surface area contributed by atoms with Crippen LogP contribution in [0.15, 0.2) is 0 Å². The molecule has 2 unspecified atom stereocenters. The highest BCUT2D eigenvalue weighted by molar-refractivity contribution is 5.85. The van der Waals surface area contributed by atoms with Gasteiger partial charge in [-0.25, -0.2) is 13.6 Å². The molecule has 0 fully saturated rings. The smallest absolute Gasteiger partial charge is 0.340 e. The van der Waals surface area contributed by atoms with Gasteiger partial charge in [0, 0.05) is 0 Å². The Kier molecular flexibility index (Phi) is 6.59. The Morgan fingerprint density at radius 2 is 2.10 bits per heavy atom. The van der Waals surface area contributed by atoms with Crippen molar-refractivity contribution in [3.05, 3.63) is 0 Å². The van der Waals surface area contributed by atoms with Gasteiger partial charge in [-0.15, -0.1) is 12.4 Å². The molecule has 3 nitrogen and oxygen atoms in total. The molecule has 0 bridgehead atoms. The van der Waals surface area contributed by atoms with Crippen molar-refractivity contribution < 1.29 is 18.7 Å². The molecule has 0 aliphatic carbocycles. The Bertz CT molecular complexity index is 113. The lowest BCUT2D eigenvalue weighted by Gasteiger charge is -2.06. The first kappa shape index (κ1) is 12.3. The molecule has 10 heavy (non-hydrogen) atoms. The van der Waals surface area contributed by atoms with Gasteiger partial charge in [-0.05, 0) is 0 Å². The number of hydrogen-bond acceptors (Lipinski definition) is 2. The fraction of sp³-hybridized carbons (Fsp3) is 0.750. The Labute approximate surface area is 62.6 Å². The highest BCUT2D eigenvalue weighted by Crippen LogP contribution is 1.96. The van der Waals surface area contributed by atoms with E-state index in [4.69, 9.17) is 5.11 Å². The van der Waals surface area contributed by atoms with Crippen molar-refractivity contribution in [3.63, 3.8) is 0 Å². The molecule has 62 valence electrons. The van der Waals surface area contributed by atoms with E-state index in [1.165, 1.54) is 0 Å². The number of rotatable bonds is 3. The molecule has 0 spiro atoms. The van der Waals surface area contributed by atoms with E-state index in [-0.39, 0.29) is 12.4 Å². The van der Waals surface area contributed by atoms with Crippen LogP contribution < -0.4 is 5.73 Å². The van der Waals surface area contributed by atoms with Gasteiger partial charge >= 0.3 is 5.97 Å². The second-order valence-corrected chi connectivity index (χ2v) is 1.56. The third kappa shape index (κ3) is 3.58. The largest absolute Gasteiger partial charge is 0.479 e. The molecule has 0 heterocycles. The monoisotopic (exact) mass is 175 g/mol. The lowest BCUT2D eigenvalue weighted by Crippen LogP contribution is -2.38. The molecule has 0 amide bonds. The third-order valence-electron chi connectivity index (χ3n) is 0.790. The minimum atomic E-state index is -2.30. The van der Waals surface area contributed by atoms with Crippen molar-refractivity contribution in [2.45, 2.75) is 12.2 Å². The molecule has 3 N–H and O–H groups in total. The summed E-state index contributed by atoms with van der Waals surface area (Å²) in [5.74, 6) is -1.72. The number of carbonyl (C=O) groups is 1. The van der Waals surface area contributed by atoms with Crippen molar-refractivity contribution >= 4 is 18.4 Å². The molecule has 0 saturated heterocycles. The molecule has 0 aliphatic heterocycles. The standard InChI is InChI=1S/C4H7F2NO2.ClH/c5-1-2(7)3(6)4(8)9;/h2-3H,1,7H2,(H,8,9);1H. The molecule has 0 aromatic heterocycles. The summed E-state index contributed by atoms with van der Waals surface area (Å²) >= 11 is 0. The zero-order valence-electron chi connectivity index (χ0n) is 4.96. The minimum Gasteiger partial charge on any atom is -0.479 e. The van der Waals surface area contributed by atoms with Gasteiger partial charge < -0.3 is 10.8 Å². The van der Waals surface area contributed by atoms with Gasteiger partial charge in [-0.2, -0.15) is 0 Å². The van der Waals surface area contributed by atoms with Crippen LogP contribution in [0.3, 0.4) is 0 Å². The van der Waals surface area contributed by atoms with Gasteiger partial charge in [-0.1, -0.05) is 0 Å². The predicted octanol–water partition coefficient (Wildman–Crippen LogP) is 0.128. The van der Waals surface area contributed by atoms with E-state index in [0.29, 0.717) is 0 Å². The number of halogens is 3. The molecule has 0 aromatic carbocycles. The normalized spacial score (nSPS) is 15.1. The quantitative estimate of drug-likeness (QED) is 0.641. The number of carboxylic acids is 1. The number of hydrogen-bond donors (Lipinski definition) is 2. The second-order valence-electron chi connectivity index (χ2n) is 1.56. The van der Waals surface area contributed by atoms with Crippen LogP contribution >= 0.6 is 12.4 Å². The van der Waals surface area contributed by atoms with E-state index < -0.39 is 24.9 Å². The molecule has 6 heteroatoms. The third-order valence-corrected chi connectivity index (χ3v) is 0.790. The maximum absolute atomic E-state index is 12.0. The maximum Gasteiger partial charge on any atom is 0.340 e. The molecule has 0 saturated carbocycles. The predicted molar refractivity (Wildman–Crippen MR) is 33.7 cm³/mol. The number of nitrogens with two attached hydrogens (primary N) is 1. The van der Waals surface area contributed by atoms with Crippen LogP contribution in [0, 0.1) is 0 Å². The number of aliphatic carboxylic acids is 1. The zero-order chi connectivity index (χ0) is 7.44. The van der Waals surface area contributed by atoms with Gasteiger partial charge in [-0.3, -0.25) is 0 Å². The van der Waals surface area contributed by atoms with Gasteiger partial charge in [0.2, 0.25) is 6.17 Å². The molecule has 0 aliphatic rings.